The van der Waals surface area contributed by atoms with E-state index in [0.717, 1.165) is 19.6 Å². The normalized spacial score (nSPS) is 23.1. The molecule has 1 fully saturated rings. The number of nitrogens with one attached hydrogen (secondary N) is 1. The van der Waals surface area contributed by atoms with Crippen molar-refractivity contribution in [2.24, 2.45) is 0 Å². The summed E-state index contributed by atoms with van der Waals surface area (Å²) in [6.07, 6.45) is 3.22. The SMILES string of the molecule is CC1CN(C(=O)c2cn[nH]c2)CCN1C. The number of carbonyl (C=O) groups is 1. The van der Waals surface area contributed by atoms with Crippen LogP contribution in [-0.4, -0.2) is 58.6 Å². The highest BCUT2D eigenvalue weighted by atomic mass is 16.2. The van der Waals surface area contributed by atoms with Crippen LogP contribution >= 0.6 is 0 Å². The lowest BCUT2D eigenvalue weighted by molar-refractivity contribution is 0.0572. The standard InChI is InChI=1S/C10H16N4O/c1-8-7-14(4-3-13(8)2)10(15)9-5-11-12-6-9/h5-6,8H,3-4,7H2,1-2H3,(H,11,12). The zero-order chi connectivity index (χ0) is 10.8. The molecule has 5 nitrogen and oxygen atoms in total. The number of aromatic nitrogens is 2. The van der Waals surface area contributed by atoms with Crippen molar-refractivity contribution in [1.82, 2.24) is 20.0 Å². The number of hydrogen-bond donors (Lipinski definition) is 1. The van der Waals surface area contributed by atoms with Gasteiger partial charge in [0.15, 0.2) is 0 Å². The Morgan fingerprint density at radius 2 is 2.40 bits per heavy atom. The van der Waals surface area contributed by atoms with Gasteiger partial charge in [0.05, 0.1) is 11.8 Å². The molecule has 0 aliphatic carbocycles. The fourth-order valence-electron chi connectivity index (χ4n) is 1.78. The van der Waals surface area contributed by atoms with Gasteiger partial charge in [-0.05, 0) is 14.0 Å². The Kier molecular flexibility index (Phi) is 2.73. The molecule has 1 N–H and O–H groups in total. The predicted octanol–water partition coefficient (Wildman–Crippen LogP) is 0.186. The van der Waals surface area contributed by atoms with Gasteiger partial charge in [-0.15, -0.1) is 0 Å². The summed E-state index contributed by atoms with van der Waals surface area (Å²) in [7, 11) is 2.09. The molecule has 1 aliphatic heterocycles. The second-order valence-corrected chi connectivity index (χ2v) is 4.07. The molecule has 15 heavy (non-hydrogen) atoms. The van der Waals surface area contributed by atoms with Crippen molar-refractivity contribution < 1.29 is 4.79 Å². The van der Waals surface area contributed by atoms with E-state index >= 15 is 0 Å². The Balaban J connectivity index is 2.03. The van der Waals surface area contributed by atoms with Gasteiger partial charge in [-0.2, -0.15) is 5.10 Å². The summed E-state index contributed by atoms with van der Waals surface area (Å²) in [5.74, 6) is 0.0729. The number of rotatable bonds is 1. The zero-order valence-electron chi connectivity index (χ0n) is 9.10. The van der Waals surface area contributed by atoms with Gasteiger partial charge in [0.1, 0.15) is 0 Å². The molecule has 1 aliphatic rings. The van der Waals surface area contributed by atoms with Crippen molar-refractivity contribution in [3.05, 3.63) is 18.0 Å². The van der Waals surface area contributed by atoms with E-state index in [1.165, 1.54) is 0 Å². The number of aromatic amines is 1. The Bertz CT molecular complexity index is 335. The van der Waals surface area contributed by atoms with Crippen molar-refractivity contribution in [3.8, 4) is 0 Å². The van der Waals surface area contributed by atoms with E-state index < -0.39 is 0 Å². The smallest absolute Gasteiger partial charge is 0.257 e. The molecule has 0 radical (unpaired) electrons. The van der Waals surface area contributed by atoms with Gasteiger partial charge >= 0.3 is 0 Å². The molecular formula is C10H16N4O. The van der Waals surface area contributed by atoms with E-state index in [1.54, 1.807) is 12.4 Å². The lowest BCUT2D eigenvalue weighted by atomic mass is 10.2. The minimum atomic E-state index is 0.0729. The van der Waals surface area contributed by atoms with E-state index in [9.17, 15) is 4.79 Å². The largest absolute Gasteiger partial charge is 0.336 e. The molecule has 82 valence electrons. The van der Waals surface area contributed by atoms with Gasteiger partial charge < -0.3 is 9.80 Å². The molecule has 1 amide bonds. The van der Waals surface area contributed by atoms with Crippen LogP contribution in [0, 0.1) is 0 Å². The first-order chi connectivity index (χ1) is 7.18. The molecule has 0 aromatic carbocycles. The lowest BCUT2D eigenvalue weighted by Crippen LogP contribution is -2.51. The topological polar surface area (TPSA) is 52.2 Å². The number of likely N-dealkylation sites (N-methyl/N-ethyl adjacent to an activating group) is 1. The summed E-state index contributed by atoms with van der Waals surface area (Å²) in [6, 6.07) is 0.426. The maximum atomic E-state index is 12.0. The fourth-order valence-corrected chi connectivity index (χ4v) is 1.78. The van der Waals surface area contributed by atoms with Crippen LogP contribution < -0.4 is 0 Å². The molecule has 0 saturated carbocycles. The minimum Gasteiger partial charge on any atom is -0.336 e. The predicted molar refractivity (Wildman–Crippen MR) is 56.6 cm³/mol. The molecule has 5 heteroatoms. The molecule has 2 heterocycles. The Morgan fingerprint density at radius 1 is 1.60 bits per heavy atom. The van der Waals surface area contributed by atoms with Gasteiger partial charge in [0.2, 0.25) is 0 Å². The highest BCUT2D eigenvalue weighted by molar-refractivity contribution is 5.93. The molecule has 1 saturated heterocycles. The lowest BCUT2D eigenvalue weighted by Gasteiger charge is -2.37. The van der Waals surface area contributed by atoms with Crippen LogP contribution in [0.25, 0.3) is 0 Å². The van der Waals surface area contributed by atoms with Crippen molar-refractivity contribution in [1.29, 1.82) is 0 Å². The van der Waals surface area contributed by atoms with Crippen LogP contribution in [0.4, 0.5) is 0 Å². The fraction of sp³-hybridized carbons (Fsp3) is 0.600. The highest BCUT2D eigenvalue weighted by Crippen LogP contribution is 2.10. The van der Waals surface area contributed by atoms with E-state index in [1.807, 2.05) is 4.90 Å². The summed E-state index contributed by atoms with van der Waals surface area (Å²) >= 11 is 0. The Labute approximate surface area is 89.1 Å². The molecule has 1 aromatic heterocycles. The second-order valence-electron chi connectivity index (χ2n) is 4.07. The zero-order valence-corrected chi connectivity index (χ0v) is 9.10. The first-order valence-electron chi connectivity index (χ1n) is 5.17. The van der Waals surface area contributed by atoms with E-state index in [-0.39, 0.29) is 5.91 Å². The Hall–Kier alpha value is -1.36. The van der Waals surface area contributed by atoms with E-state index in [2.05, 4.69) is 29.1 Å². The van der Waals surface area contributed by atoms with Crippen molar-refractivity contribution in [2.75, 3.05) is 26.7 Å². The van der Waals surface area contributed by atoms with Crippen LogP contribution in [0.5, 0.6) is 0 Å². The summed E-state index contributed by atoms with van der Waals surface area (Å²) in [5, 5.41) is 6.45. The molecule has 1 unspecified atom stereocenters. The third-order valence-electron chi connectivity index (χ3n) is 2.99. The van der Waals surface area contributed by atoms with Crippen LogP contribution in [0.2, 0.25) is 0 Å². The van der Waals surface area contributed by atoms with Crippen molar-refractivity contribution in [3.63, 3.8) is 0 Å². The number of hydrogen-bond acceptors (Lipinski definition) is 3. The first-order valence-corrected chi connectivity index (χ1v) is 5.17. The number of amides is 1. The summed E-state index contributed by atoms with van der Waals surface area (Å²) in [4.78, 5) is 16.1. The van der Waals surface area contributed by atoms with Gasteiger partial charge in [-0.3, -0.25) is 9.89 Å². The first kappa shape index (κ1) is 10.2. The Morgan fingerprint density at radius 3 is 3.00 bits per heavy atom. The maximum absolute atomic E-state index is 12.0. The molecule has 0 bridgehead atoms. The number of piperazine rings is 1. The van der Waals surface area contributed by atoms with Crippen LogP contribution in [0.1, 0.15) is 17.3 Å². The third kappa shape index (κ3) is 2.02. The number of H-pyrrole nitrogens is 1. The molecule has 2 rings (SSSR count). The third-order valence-corrected chi connectivity index (χ3v) is 2.99. The highest BCUT2D eigenvalue weighted by Gasteiger charge is 2.25. The quantitative estimate of drug-likeness (QED) is 0.716. The summed E-state index contributed by atoms with van der Waals surface area (Å²) < 4.78 is 0. The van der Waals surface area contributed by atoms with Gasteiger partial charge in [0.25, 0.3) is 5.91 Å². The summed E-state index contributed by atoms with van der Waals surface area (Å²) in [6.45, 7) is 4.66. The van der Waals surface area contributed by atoms with E-state index in [4.69, 9.17) is 0 Å². The van der Waals surface area contributed by atoms with Crippen molar-refractivity contribution >= 4 is 5.91 Å². The monoisotopic (exact) mass is 208 g/mol. The van der Waals surface area contributed by atoms with Crippen molar-refractivity contribution in [2.45, 2.75) is 13.0 Å². The number of nitrogens with zero attached hydrogens (tertiary/aromatic N) is 3. The molecule has 0 spiro atoms. The van der Waals surface area contributed by atoms with Gasteiger partial charge in [0, 0.05) is 31.9 Å². The average molecular weight is 208 g/mol. The number of carbonyl (C=O) groups excluding carboxylic acids is 1. The molecule has 1 aromatic rings. The second kappa shape index (κ2) is 4.02. The maximum Gasteiger partial charge on any atom is 0.257 e. The average Bonchev–Trinajstić information content (AvgIpc) is 2.74. The summed E-state index contributed by atoms with van der Waals surface area (Å²) in [5.41, 5.74) is 0.645. The minimum absolute atomic E-state index is 0.0729. The van der Waals surface area contributed by atoms with Crippen LogP contribution in [-0.2, 0) is 0 Å². The van der Waals surface area contributed by atoms with E-state index in [0.29, 0.717) is 11.6 Å². The van der Waals surface area contributed by atoms with Crippen LogP contribution in [0.3, 0.4) is 0 Å². The molecule has 1 atom stereocenters. The van der Waals surface area contributed by atoms with Gasteiger partial charge in [-0.25, -0.2) is 0 Å². The molecular weight excluding hydrogens is 192 g/mol. The van der Waals surface area contributed by atoms with Gasteiger partial charge in [-0.1, -0.05) is 0 Å². The van der Waals surface area contributed by atoms with Crippen LogP contribution in [0.15, 0.2) is 12.4 Å².